The Morgan fingerprint density at radius 3 is 2.95 bits per heavy atom. The Balaban J connectivity index is 1.92. The molecule has 8 heteroatoms. The summed E-state index contributed by atoms with van der Waals surface area (Å²) in [5, 5.41) is 4.17. The van der Waals surface area contributed by atoms with Crippen LogP contribution in [0.15, 0.2) is 24.7 Å². The van der Waals surface area contributed by atoms with Crippen molar-refractivity contribution in [3.05, 3.63) is 30.2 Å². The topological polar surface area (TPSA) is 77.3 Å². The average molecular weight is 290 g/mol. The van der Waals surface area contributed by atoms with Gasteiger partial charge in [0.05, 0.1) is 19.8 Å². The Morgan fingerprint density at radius 2 is 2.24 bits per heavy atom. The van der Waals surface area contributed by atoms with E-state index in [-0.39, 0.29) is 0 Å². The maximum atomic E-state index is 5.40. The molecule has 0 saturated carbocycles. The van der Waals surface area contributed by atoms with Gasteiger partial charge in [0.2, 0.25) is 0 Å². The zero-order valence-corrected chi connectivity index (χ0v) is 11.9. The molecule has 112 valence electrons. The third kappa shape index (κ3) is 3.18. The van der Waals surface area contributed by atoms with Crippen LogP contribution in [0.3, 0.4) is 0 Å². The molecule has 21 heavy (non-hydrogen) atoms. The SMILES string of the molecule is CNOCc1cnc(-n2cccn2)nc1N1CCOCC1. The number of hydrogen-bond acceptors (Lipinski definition) is 7. The van der Waals surface area contributed by atoms with Crippen molar-refractivity contribution in [1.29, 1.82) is 0 Å². The van der Waals surface area contributed by atoms with E-state index >= 15 is 0 Å². The summed E-state index contributed by atoms with van der Waals surface area (Å²) in [5.41, 5.74) is 3.60. The predicted octanol–water partition coefficient (Wildman–Crippen LogP) is 0.150. The third-order valence-corrected chi connectivity index (χ3v) is 3.22. The van der Waals surface area contributed by atoms with Gasteiger partial charge in [0.15, 0.2) is 0 Å². The van der Waals surface area contributed by atoms with Crippen LogP contribution in [-0.4, -0.2) is 53.1 Å². The number of ether oxygens (including phenoxy) is 1. The van der Waals surface area contributed by atoms with Crippen LogP contribution in [0.25, 0.3) is 5.95 Å². The fraction of sp³-hybridized carbons (Fsp3) is 0.462. The van der Waals surface area contributed by atoms with Crippen molar-refractivity contribution in [2.75, 3.05) is 38.3 Å². The van der Waals surface area contributed by atoms with Crippen molar-refractivity contribution in [3.63, 3.8) is 0 Å². The minimum absolute atomic E-state index is 0.405. The van der Waals surface area contributed by atoms with E-state index in [0.29, 0.717) is 25.8 Å². The van der Waals surface area contributed by atoms with Gasteiger partial charge in [-0.15, -0.1) is 0 Å². The molecule has 0 amide bonds. The summed E-state index contributed by atoms with van der Waals surface area (Å²) in [4.78, 5) is 16.5. The zero-order valence-electron chi connectivity index (χ0n) is 11.9. The van der Waals surface area contributed by atoms with E-state index in [1.54, 1.807) is 24.1 Å². The van der Waals surface area contributed by atoms with Crippen LogP contribution in [0.1, 0.15) is 5.56 Å². The van der Waals surface area contributed by atoms with Crippen molar-refractivity contribution < 1.29 is 9.57 Å². The summed E-state index contributed by atoms with van der Waals surface area (Å²) >= 11 is 0. The maximum absolute atomic E-state index is 5.40. The molecule has 8 nitrogen and oxygen atoms in total. The van der Waals surface area contributed by atoms with Crippen LogP contribution < -0.4 is 10.4 Å². The average Bonchev–Trinajstić information content (AvgIpc) is 3.08. The van der Waals surface area contributed by atoms with Crippen LogP contribution in [-0.2, 0) is 16.2 Å². The van der Waals surface area contributed by atoms with Gasteiger partial charge in [-0.25, -0.2) is 15.1 Å². The highest BCUT2D eigenvalue weighted by Crippen LogP contribution is 2.20. The molecule has 0 unspecified atom stereocenters. The zero-order chi connectivity index (χ0) is 14.5. The van der Waals surface area contributed by atoms with E-state index in [1.165, 1.54) is 0 Å². The summed E-state index contributed by atoms with van der Waals surface area (Å²) in [5.74, 6) is 1.42. The second-order valence-corrected chi connectivity index (χ2v) is 4.56. The molecule has 3 rings (SSSR count). The molecule has 1 fully saturated rings. The van der Waals surface area contributed by atoms with Gasteiger partial charge >= 0.3 is 0 Å². The van der Waals surface area contributed by atoms with Gasteiger partial charge in [-0.05, 0) is 6.07 Å². The van der Waals surface area contributed by atoms with Gasteiger partial charge in [-0.1, -0.05) is 0 Å². The van der Waals surface area contributed by atoms with Gasteiger partial charge in [0, 0.05) is 44.3 Å². The van der Waals surface area contributed by atoms with Crippen LogP contribution in [0.2, 0.25) is 0 Å². The lowest BCUT2D eigenvalue weighted by Gasteiger charge is -2.29. The van der Waals surface area contributed by atoms with Gasteiger partial charge < -0.3 is 9.64 Å². The number of nitrogens with one attached hydrogen (secondary N) is 1. The number of aromatic nitrogens is 4. The van der Waals surface area contributed by atoms with Crippen LogP contribution in [0.5, 0.6) is 0 Å². The molecule has 1 aliphatic rings. The molecule has 3 heterocycles. The van der Waals surface area contributed by atoms with E-state index in [0.717, 1.165) is 24.5 Å². The maximum Gasteiger partial charge on any atom is 0.252 e. The first-order chi connectivity index (χ1) is 10.4. The minimum Gasteiger partial charge on any atom is -0.378 e. The molecule has 1 aliphatic heterocycles. The quantitative estimate of drug-likeness (QED) is 0.785. The van der Waals surface area contributed by atoms with E-state index in [9.17, 15) is 0 Å². The third-order valence-electron chi connectivity index (χ3n) is 3.22. The predicted molar refractivity (Wildman–Crippen MR) is 76.0 cm³/mol. The number of morpholine rings is 1. The normalized spacial score (nSPS) is 15.4. The molecule has 0 aromatic carbocycles. The lowest BCUT2D eigenvalue weighted by molar-refractivity contribution is 0.0441. The first-order valence-electron chi connectivity index (χ1n) is 6.85. The lowest BCUT2D eigenvalue weighted by Crippen LogP contribution is -2.37. The van der Waals surface area contributed by atoms with Crippen LogP contribution >= 0.6 is 0 Å². The number of anilines is 1. The second-order valence-electron chi connectivity index (χ2n) is 4.56. The number of hydroxylamine groups is 1. The number of nitrogens with zero attached hydrogens (tertiary/aromatic N) is 5. The Kier molecular flexibility index (Phi) is 4.39. The summed E-state index contributed by atoms with van der Waals surface area (Å²) in [6.07, 6.45) is 5.31. The number of rotatable bonds is 5. The van der Waals surface area contributed by atoms with Gasteiger partial charge in [-0.2, -0.15) is 10.1 Å². The van der Waals surface area contributed by atoms with Gasteiger partial charge in [-0.3, -0.25) is 4.84 Å². The fourth-order valence-corrected chi connectivity index (χ4v) is 2.19. The molecule has 2 aromatic heterocycles. The van der Waals surface area contributed by atoms with Crippen LogP contribution in [0.4, 0.5) is 5.82 Å². The highest BCUT2D eigenvalue weighted by Gasteiger charge is 2.18. The first-order valence-corrected chi connectivity index (χ1v) is 6.85. The highest BCUT2D eigenvalue weighted by molar-refractivity contribution is 5.47. The summed E-state index contributed by atoms with van der Waals surface area (Å²) in [6, 6.07) is 1.84. The Labute approximate surface area is 122 Å². The van der Waals surface area contributed by atoms with Crippen molar-refractivity contribution in [2.45, 2.75) is 6.61 Å². The Bertz CT molecular complexity index is 568. The van der Waals surface area contributed by atoms with E-state index in [2.05, 4.69) is 25.4 Å². The van der Waals surface area contributed by atoms with Crippen LogP contribution in [0, 0.1) is 0 Å². The second kappa shape index (κ2) is 6.61. The molecule has 2 aromatic rings. The molecule has 0 atom stereocenters. The molecule has 1 saturated heterocycles. The van der Waals surface area contributed by atoms with Crippen molar-refractivity contribution >= 4 is 5.82 Å². The van der Waals surface area contributed by atoms with E-state index in [4.69, 9.17) is 9.57 Å². The minimum atomic E-state index is 0.405. The molecule has 0 radical (unpaired) electrons. The first kappa shape index (κ1) is 13.9. The fourth-order valence-electron chi connectivity index (χ4n) is 2.19. The van der Waals surface area contributed by atoms with E-state index < -0.39 is 0 Å². The molecular weight excluding hydrogens is 272 g/mol. The van der Waals surface area contributed by atoms with Gasteiger partial charge in [0.1, 0.15) is 5.82 Å². The smallest absolute Gasteiger partial charge is 0.252 e. The Hall–Kier alpha value is -2.03. The number of hydrogen-bond donors (Lipinski definition) is 1. The Morgan fingerprint density at radius 1 is 1.38 bits per heavy atom. The molecule has 0 spiro atoms. The summed E-state index contributed by atoms with van der Waals surface area (Å²) in [7, 11) is 1.73. The summed E-state index contributed by atoms with van der Waals surface area (Å²) in [6.45, 7) is 3.42. The molecule has 0 bridgehead atoms. The monoisotopic (exact) mass is 290 g/mol. The molecular formula is C13H18N6O2. The summed E-state index contributed by atoms with van der Waals surface area (Å²) < 4.78 is 7.04. The van der Waals surface area contributed by atoms with Crippen molar-refractivity contribution in [2.24, 2.45) is 0 Å². The molecule has 1 N–H and O–H groups in total. The lowest BCUT2D eigenvalue weighted by atomic mass is 10.3. The largest absolute Gasteiger partial charge is 0.378 e. The standard InChI is InChI=1S/C13H18N6O2/c1-14-21-10-11-9-15-13(19-4-2-3-16-19)17-12(11)18-5-7-20-8-6-18/h2-4,9,14H,5-8,10H2,1H3. The van der Waals surface area contributed by atoms with Crippen molar-refractivity contribution in [3.8, 4) is 5.95 Å². The van der Waals surface area contributed by atoms with Crippen molar-refractivity contribution in [1.82, 2.24) is 25.2 Å². The highest BCUT2D eigenvalue weighted by atomic mass is 16.6. The molecule has 0 aliphatic carbocycles. The van der Waals surface area contributed by atoms with Gasteiger partial charge in [0.25, 0.3) is 5.95 Å². The van der Waals surface area contributed by atoms with E-state index in [1.807, 2.05) is 12.3 Å².